The number of hydrogen-bond acceptors (Lipinski definition) is 4. The first-order valence-corrected chi connectivity index (χ1v) is 4.46. The lowest BCUT2D eigenvalue weighted by atomic mass is 10.3. The Bertz CT molecular complexity index is 354. The van der Waals surface area contributed by atoms with E-state index in [0.717, 1.165) is 17.9 Å². The highest BCUT2D eigenvalue weighted by Crippen LogP contribution is 2.06. The van der Waals surface area contributed by atoms with Crippen LogP contribution in [0.5, 0.6) is 0 Å². The summed E-state index contributed by atoms with van der Waals surface area (Å²) in [6.07, 6.45) is 4.89. The third-order valence-corrected chi connectivity index (χ3v) is 2.04. The molecular formula is C9H12N4O. The van der Waals surface area contributed by atoms with Gasteiger partial charge in [0, 0.05) is 12.1 Å². The zero-order chi connectivity index (χ0) is 9.80. The van der Waals surface area contributed by atoms with E-state index in [1.807, 2.05) is 13.0 Å². The summed E-state index contributed by atoms with van der Waals surface area (Å²) in [5.41, 5.74) is 1.12. The molecular weight excluding hydrogens is 180 g/mol. The van der Waals surface area contributed by atoms with E-state index in [0.29, 0.717) is 0 Å². The second-order valence-electron chi connectivity index (χ2n) is 3.10. The fourth-order valence-corrected chi connectivity index (χ4v) is 1.18. The molecule has 0 saturated heterocycles. The van der Waals surface area contributed by atoms with Crippen LogP contribution in [0.4, 0.5) is 0 Å². The SMILES string of the molecule is CC(NCc1ccoc1)c1ncn[nH]1. The summed E-state index contributed by atoms with van der Waals surface area (Å²) in [7, 11) is 0. The van der Waals surface area contributed by atoms with Gasteiger partial charge in [-0.05, 0) is 13.0 Å². The Morgan fingerprint density at radius 3 is 3.21 bits per heavy atom. The van der Waals surface area contributed by atoms with Gasteiger partial charge in [0.1, 0.15) is 12.2 Å². The molecule has 74 valence electrons. The molecule has 5 heteroatoms. The molecule has 0 fully saturated rings. The van der Waals surface area contributed by atoms with Gasteiger partial charge in [0.05, 0.1) is 18.6 Å². The maximum atomic E-state index is 4.96. The highest BCUT2D eigenvalue weighted by Gasteiger charge is 2.07. The number of aromatic nitrogens is 3. The number of aromatic amines is 1. The molecule has 0 amide bonds. The quantitative estimate of drug-likeness (QED) is 0.765. The van der Waals surface area contributed by atoms with Gasteiger partial charge in [0.2, 0.25) is 0 Å². The Kier molecular flexibility index (Phi) is 2.60. The molecule has 5 nitrogen and oxygen atoms in total. The van der Waals surface area contributed by atoms with Gasteiger partial charge in [-0.25, -0.2) is 4.98 Å². The van der Waals surface area contributed by atoms with Crippen LogP contribution in [-0.4, -0.2) is 15.2 Å². The summed E-state index contributed by atoms with van der Waals surface area (Å²) < 4.78 is 4.96. The minimum Gasteiger partial charge on any atom is -0.472 e. The van der Waals surface area contributed by atoms with Crippen LogP contribution in [0.1, 0.15) is 24.4 Å². The first kappa shape index (κ1) is 8.96. The van der Waals surface area contributed by atoms with E-state index >= 15 is 0 Å². The van der Waals surface area contributed by atoms with Crippen molar-refractivity contribution in [3.63, 3.8) is 0 Å². The van der Waals surface area contributed by atoms with Crippen LogP contribution >= 0.6 is 0 Å². The fourth-order valence-electron chi connectivity index (χ4n) is 1.18. The smallest absolute Gasteiger partial charge is 0.141 e. The lowest BCUT2D eigenvalue weighted by molar-refractivity contribution is 0.534. The van der Waals surface area contributed by atoms with Crippen LogP contribution in [0.3, 0.4) is 0 Å². The Balaban J connectivity index is 1.87. The third-order valence-electron chi connectivity index (χ3n) is 2.04. The first-order valence-electron chi connectivity index (χ1n) is 4.46. The Labute approximate surface area is 81.5 Å². The topological polar surface area (TPSA) is 66.7 Å². The predicted molar refractivity (Wildman–Crippen MR) is 50.3 cm³/mol. The van der Waals surface area contributed by atoms with E-state index in [1.54, 1.807) is 12.5 Å². The summed E-state index contributed by atoms with van der Waals surface area (Å²) in [4.78, 5) is 4.06. The summed E-state index contributed by atoms with van der Waals surface area (Å²) in [5.74, 6) is 0.841. The van der Waals surface area contributed by atoms with E-state index in [4.69, 9.17) is 4.42 Å². The average molecular weight is 192 g/mol. The average Bonchev–Trinajstić information content (AvgIpc) is 2.87. The van der Waals surface area contributed by atoms with Gasteiger partial charge in [0.25, 0.3) is 0 Å². The molecule has 1 atom stereocenters. The van der Waals surface area contributed by atoms with E-state index in [-0.39, 0.29) is 6.04 Å². The number of rotatable bonds is 4. The summed E-state index contributed by atoms with van der Waals surface area (Å²) in [6, 6.07) is 2.09. The van der Waals surface area contributed by atoms with Crippen molar-refractivity contribution >= 4 is 0 Å². The molecule has 1 unspecified atom stereocenters. The summed E-state index contributed by atoms with van der Waals surface area (Å²) in [5, 5.41) is 9.91. The second-order valence-corrected chi connectivity index (χ2v) is 3.10. The number of hydrogen-bond donors (Lipinski definition) is 2. The van der Waals surface area contributed by atoms with Crippen molar-refractivity contribution in [2.75, 3.05) is 0 Å². The molecule has 2 aromatic rings. The number of nitrogens with one attached hydrogen (secondary N) is 2. The van der Waals surface area contributed by atoms with Gasteiger partial charge < -0.3 is 9.73 Å². The monoisotopic (exact) mass is 192 g/mol. The molecule has 2 aromatic heterocycles. The van der Waals surface area contributed by atoms with E-state index in [9.17, 15) is 0 Å². The van der Waals surface area contributed by atoms with E-state index in [2.05, 4.69) is 20.5 Å². The normalized spacial score (nSPS) is 12.9. The zero-order valence-corrected chi connectivity index (χ0v) is 7.90. The first-order chi connectivity index (χ1) is 6.86. The van der Waals surface area contributed by atoms with Crippen LogP contribution in [0.2, 0.25) is 0 Å². The highest BCUT2D eigenvalue weighted by atomic mass is 16.3. The minimum atomic E-state index is 0.160. The molecule has 0 spiro atoms. The number of furan rings is 1. The highest BCUT2D eigenvalue weighted by molar-refractivity contribution is 5.05. The molecule has 0 radical (unpaired) electrons. The Morgan fingerprint density at radius 1 is 1.64 bits per heavy atom. The number of nitrogens with zero attached hydrogens (tertiary/aromatic N) is 2. The number of H-pyrrole nitrogens is 1. The van der Waals surface area contributed by atoms with Crippen molar-refractivity contribution in [1.82, 2.24) is 20.5 Å². The maximum Gasteiger partial charge on any atom is 0.141 e. The van der Waals surface area contributed by atoms with Crippen molar-refractivity contribution in [3.05, 3.63) is 36.3 Å². The molecule has 0 aromatic carbocycles. The second kappa shape index (κ2) is 4.06. The summed E-state index contributed by atoms with van der Waals surface area (Å²) >= 11 is 0. The molecule has 2 heterocycles. The fraction of sp³-hybridized carbons (Fsp3) is 0.333. The van der Waals surface area contributed by atoms with Crippen LogP contribution in [0, 0.1) is 0 Å². The van der Waals surface area contributed by atoms with Crippen LogP contribution in [0.15, 0.2) is 29.3 Å². The van der Waals surface area contributed by atoms with Gasteiger partial charge in [-0.2, -0.15) is 5.10 Å². The molecule has 0 aliphatic heterocycles. The van der Waals surface area contributed by atoms with Gasteiger partial charge in [-0.15, -0.1) is 0 Å². The molecule has 2 rings (SSSR count). The molecule has 0 bridgehead atoms. The lowest BCUT2D eigenvalue weighted by Gasteiger charge is -2.08. The van der Waals surface area contributed by atoms with Gasteiger partial charge in [0.15, 0.2) is 0 Å². The van der Waals surface area contributed by atoms with Crippen molar-refractivity contribution in [2.45, 2.75) is 19.5 Å². The standard InChI is InChI=1S/C9H12N4O/c1-7(9-11-6-12-13-9)10-4-8-2-3-14-5-8/h2-3,5-7,10H,4H2,1H3,(H,11,12,13). The largest absolute Gasteiger partial charge is 0.472 e. The molecule has 0 aliphatic carbocycles. The van der Waals surface area contributed by atoms with E-state index in [1.165, 1.54) is 6.33 Å². The van der Waals surface area contributed by atoms with Crippen LogP contribution in [0.25, 0.3) is 0 Å². The van der Waals surface area contributed by atoms with Gasteiger partial charge in [-0.3, -0.25) is 5.10 Å². The molecule has 14 heavy (non-hydrogen) atoms. The van der Waals surface area contributed by atoms with Gasteiger partial charge >= 0.3 is 0 Å². The van der Waals surface area contributed by atoms with Crippen molar-refractivity contribution in [1.29, 1.82) is 0 Å². The van der Waals surface area contributed by atoms with Gasteiger partial charge in [-0.1, -0.05) is 0 Å². The van der Waals surface area contributed by atoms with Crippen LogP contribution in [-0.2, 0) is 6.54 Å². The Hall–Kier alpha value is -1.62. The third kappa shape index (κ3) is 2.00. The Morgan fingerprint density at radius 2 is 2.57 bits per heavy atom. The minimum absolute atomic E-state index is 0.160. The van der Waals surface area contributed by atoms with Crippen LogP contribution < -0.4 is 5.32 Å². The summed E-state index contributed by atoms with van der Waals surface area (Å²) in [6.45, 7) is 2.79. The van der Waals surface area contributed by atoms with E-state index < -0.39 is 0 Å². The van der Waals surface area contributed by atoms with Crippen molar-refractivity contribution in [3.8, 4) is 0 Å². The molecule has 2 N–H and O–H groups in total. The zero-order valence-electron chi connectivity index (χ0n) is 7.90. The van der Waals surface area contributed by atoms with Crippen molar-refractivity contribution in [2.24, 2.45) is 0 Å². The predicted octanol–water partition coefficient (Wildman–Crippen LogP) is 1.25. The lowest BCUT2D eigenvalue weighted by Crippen LogP contribution is -2.18. The maximum absolute atomic E-state index is 4.96. The molecule has 0 aliphatic rings. The molecule has 0 saturated carbocycles. The van der Waals surface area contributed by atoms with Crippen molar-refractivity contribution < 1.29 is 4.42 Å².